The lowest BCUT2D eigenvalue weighted by Crippen LogP contribution is -2.33. The van der Waals surface area contributed by atoms with Gasteiger partial charge in [-0.3, -0.25) is 0 Å². The van der Waals surface area contributed by atoms with E-state index in [1.165, 1.54) is 0 Å². The van der Waals surface area contributed by atoms with E-state index in [2.05, 4.69) is 6.07 Å². The monoisotopic (exact) mass is 219 g/mol. The first kappa shape index (κ1) is 10.5. The zero-order chi connectivity index (χ0) is 10.9. The number of benzene rings is 1. The van der Waals surface area contributed by atoms with Crippen LogP contribution in [0.5, 0.6) is 0 Å². The standard InChI is InChI=1S/C12H13NOS/c1-9-7-15-8-12(9,14)11-5-3-2-4-10(11)6-13/h2-5,9,14H,7-8H2,1H3/t9-,12+/m1/s1. The Hall–Kier alpha value is -0.980. The minimum Gasteiger partial charge on any atom is -0.384 e. The largest absolute Gasteiger partial charge is 0.384 e. The second-order valence-corrected chi connectivity index (χ2v) is 5.03. The van der Waals surface area contributed by atoms with Gasteiger partial charge in [0, 0.05) is 11.3 Å². The summed E-state index contributed by atoms with van der Waals surface area (Å²) >= 11 is 1.74. The number of hydrogen-bond acceptors (Lipinski definition) is 3. The molecule has 1 heterocycles. The molecule has 0 aliphatic carbocycles. The molecule has 0 aromatic heterocycles. The van der Waals surface area contributed by atoms with Crippen molar-refractivity contribution in [2.24, 2.45) is 5.92 Å². The summed E-state index contributed by atoms with van der Waals surface area (Å²) in [7, 11) is 0. The van der Waals surface area contributed by atoms with Gasteiger partial charge < -0.3 is 5.11 Å². The molecule has 2 nitrogen and oxygen atoms in total. The van der Waals surface area contributed by atoms with Gasteiger partial charge in [-0.05, 0) is 17.7 Å². The fraction of sp³-hybridized carbons (Fsp3) is 0.417. The summed E-state index contributed by atoms with van der Waals surface area (Å²) in [5.41, 5.74) is 0.552. The molecule has 15 heavy (non-hydrogen) atoms. The first-order valence-electron chi connectivity index (χ1n) is 4.98. The zero-order valence-corrected chi connectivity index (χ0v) is 9.42. The smallest absolute Gasteiger partial charge is 0.103 e. The van der Waals surface area contributed by atoms with E-state index >= 15 is 0 Å². The van der Waals surface area contributed by atoms with Crippen LogP contribution in [-0.2, 0) is 5.60 Å². The van der Waals surface area contributed by atoms with Crippen LogP contribution in [-0.4, -0.2) is 16.6 Å². The van der Waals surface area contributed by atoms with Crippen molar-refractivity contribution >= 4 is 11.8 Å². The van der Waals surface area contributed by atoms with Crippen molar-refractivity contribution in [1.82, 2.24) is 0 Å². The summed E-state index contributed by atoms with van der Waals surface area (Å²) in [6.45, 7) is 2.04. The van der Waals surface area contributed by atoms with E-state index in [4.69, 9.17) is 5.26 Å². The molecule has 3 heteroatoms. The molecule has 1 aromatic rings. The van der Waals surface area contributed by atoms with Gasteiger partial charge in [-0.15, -0.1) is 0 Å². The van der Waals surface area contributed by atoms with Crippen LogP contribution < -0.4 is 0 Å². The SMILES string of the molecule is C[C@@H]1CSC[C@@]1(O)c1ccccc1C#N. The first-order valence-corrected chi connectivity index (χ1v) is 6.13. The van der Waals surface area contributed by atoms with Crippen LogP contribution in [0.3, 0.4) is 0 Å². The quantitative estimate of drug-likeness (QED) is 0.787. The fourth-order valence-electron chi connectivity index (χ4n) is 1.97. The molecule has 1 aliphatic rings. The number of hydrogen-bond donors (Lipinski definition) is 1. The predicted octanol–water partition coefficient (Wildman–Crippen LogP) is 2.13. The Labute approximate surface area is 93.9 Å². The highest BCUT2D eigenvalue weighted by atomic mass is 32.2. The Bertz CT molecular complexity index is 412. The maximum Gasteiger partial charge on any atom is 0.103 e. The van der Waals surface area contributed by atoms with Crippen molar-refractivity contribution < 1.29 is 5.11 Å². The normalized spacial score (nSPS) is 30.1. The van der Waals surface area contributed by atoms with Gasteiger partial charge in [0.2, 0.25) is 0 Å². The van der Waals surface area contributed by atoms with Crippen molar-refractivity contribution in [3.05, 3.63) is 35.4 Å². The summed E-state index contributed by atoms with van der Waals surface area (Å²) in [6.07, 6.45) is 0. The van der Waals surface area contributed by atoms with E-state index in [1.54, 1.807) is 17.8 Å². The van der Waals surface area contributed by atoms with Gasteiger partial charge in [-0.25, -0.2) is 0 Å². The lowest BCUT2D eigenvalue weighted by Gasteiger charge is -2.28. The third-order valence-corrected chi connectivity index (χ3v) is 4.40. The molecule has 0 radical (unpaired) electrons. The van der Waals surface area contributed by atoms with Crippen LogP contribution in [0.1, 0.15) is 18.1 Å². The Balaban J connectivity index is 2.49. The third-order valence-electron chi connectivity index (χ3n) is 3.02. The van der Waals surface area contributed by atoms with Crippen molar-refractivity contribution in [1.29, 1.82) is 5.26 Å². The molecule has 0 unspecified atom stereocenters. The van der Waals surface area contributed by atoms with Crippen molar-refractivity contribution in [2.75, 3.05) is 11.5 Å². The molecule has 2 rings (SSSR count). The van der Waals surface area contributed by atoms with Crippen LogP contribution in [0.4, 0.5) is 0 Å². The molecule has 0 amide bonds. The fourth-order valence-corrected chi connectivity index (χ4v) is 3.47. The molecule has 1 saturated heterocycles. The molecule has 78 valence electrons. The average molecular weight is 219 g/mol. The topological polar surface area (TPSA) is 44.0 Å². The first-order chi connectivity index (χ1) is 7.18. The molecule has 1 fully saturated rings. The average Bonchev–Trinajstić information content (AvgIpc) is 2.60. The molecular weight excluding hydrogens is 206 g/mol. The van der Waals surface area contributed by atoms with Gasteiger partial charge in [0.15, 0.2) is 0 Å². The Kier molecular flexibility index (Phi) is 2.72. The zero-order valence-electron chi connectivity index (χ0n) is 8.60. The minimum atomic E-state index is -0.822. The van der Waals surface area contributed by atoms with Gasteiger partial charge in [-0.2, -0.15) is 17.0 Å². The van der Waals surface area contributed by atoms with Gasteiger partial charge in [0.05, 0.1) is 11.6 Å². The lowest BCUT2D eigenvalue weighted by atomic mass is 9.83. The second-order valence-electron chi connectivity index (χ2n) is 4.00. The molecule has 0 saturated carbocycles. The molecule has 0 bridgehead atoms. The Morgan fingerprint density at radius 2 is 2.27 bits per heavy atom. The molecule has 1 aliphatic heterocycles. The third kappa shape index (κ3) is 1.64. The Morgan fingerprint density at radius 1 is 1.53 bits per heavy atom. The van der Waals surface area contributed by atoms with Crippen LogP contribution in [0.25, 0.3) is 0 Å². The van der Waals surface area contributed by atoms with Crippen LogP contribution in [0.2, 0.25) is 0 Å². The van der Waals surface area contributed by atoms with E-state index in [0.717, 1.165) is 11.3 Å². The van der Waals surface area contributed by atoms with E-state index in [0.29, 0.717) is 11.3 Å². The lowest BCUT2D eigenvalue weighted by molar-refractivity contribution is 0.0232. The number of nitrogens with zero attached hydrogens (tertiary/aromatic N) is 1. The molecule has 1 aromatic carbocycles. The second kappa shape index (κ2) is 3.88. The number of rotatable bonds is 1. The Morgan fingerprint density at radius 3 is 2.87 bits per heavy atom. The van der Waals surface area contributed by atoms with Crippen molar-refractivity contribution in [2.45, 2.75) is 12.5 Å². The summed E-state index contributed by atoms with van der Waals surface area (Å²) in [4.78, 5) is 0. The van der Waals surface area contributed by atoms with Gasteiger partial charge in [0.1, 0.15) is 5.60 Å². The summed E-state index contributed by atoms with van der Waals surface area (Å²) < 4.78 is 0. The van der Waals surface area contributed by atoms with E-state index in [1.807, 2.05) is 25.1 Å². The minimum absolute atomic E-state index is 0.206. The maximum absolute atomic E-state index is 10.6. The summed E-state index contributed by atoms with van der Waals surface area (Å²) in [6, 6.07) is 9.49. The highest BCUT2D eigenvalue weighted by Crippen LogP contribution is 2.42. The van der Waals surface area contributed by atoms with E-state index in [9.17, 15) is 5.11 Å². The highest BCUT2D eigenvalue weighted by Gasteiger charge is 2.41. The van der Waals surface area contributed by atoms with Gasteiger partial charge in [-0.1, -0.05) is 25.1 Å². The molecule has 1 N–H and O–H groups in total. The maximum atomic E-state index is 10.6. The predicted molar refractivity (Wildman–Crippen MR) is 61.5 cm³/mol. The molecular formula is C12H13NOS. The van der Waals surface area contributed by atoms with E-state index < -0.39 is 5.60 Å². The van der Waals surface area contributed by atoms with Crippen LogP contribution in [0.15, 0.2) is 24.3 Å². The van der Waals surface area contributed by atoms with Crippen molar-refractivity contribution in [3.63, 3.8) is 0 Å². The van der Waals surface area contributed by atoms with Crippen molar-refractivity contribution in [3.8, 4) is 6.07 Å². The summed E-state index contributed by atoms with van der Waals surface area (Å²) in [5.74, 6) is 1.85. The highest BCUT2D eigenvalue weighted by molar-refractivity contribution is 7.99. The van der Waals surface area contributed by atoms with Gasteiger partial charge >= 0.3 is 0 Å². The van der Waals surface area contributed by atoms with E-state index in [-0.39, 0.29) is 5.92 Å². The van der Waals surface area contributed by atoms with Gasteiger partial charge in [0.25, 0.3) is 0 Å². The number of nitriles is 1. The molecule has 2 atom stereocenters. The van der Waals surface area contributed by atoms with Crippen LogP contribution >= 0.6 is 11.8 Å². The van der Waals surface area contributed by atoms with Crippen LogP contribution in [0, 0.1) is 17.2 Å². The summed E-state index contributed by atoms with van der Waals surface area (Å²) in [5, 5.41) is 19.6. The number of aliphatic hydroxyl groups is 1. The number of thioether (sulfide) groups is 1. The molecule has 0 spiro atoms.